The van der Waals surface area contributed by atoms with Crippen LogP contribution in [0.15, 0.2) is 42.5 Å². The fourth-order valence-corrected chi connectivity index (χ4v) is 3.09. The van der Waals surface area contributed by atoms with Crippen molar-refractivity contribution >= 4 is 5.97 Å². The Hall–Kier alpha value is -2.69. The van der Waals surface area contributed by atoms with E-state index in [0.29, 0.717) is 25.2 Å². The largest absolute Gasteiger partial charge is 0.508 e. The summed E-state index contributed by atoms with van der Waals surface area (Å²) in [6, 6.07) is 12.1. The van der Waals surface area contributed by atoms with Crippen molar-refractivity contribution in [2.75, 3.05) is 13.7 Å². The van der Waals surface area contributed by atoms with Crippen molar-refractivity contribution in [1.82, 2.24) is 0 Å². The van der Waals surface area contributed by atoms with Crippen molar-refractivity contribution < 1.29 is 24.5 Å². The number of ether oxygens (including phenoxy) is 2. The zero-order chi connectivity index (χ0) is 17.1. The lowest BCUT2D eigenvalue weighted by Gasteiger charge is -2.16. The van der Waals surface area contributed by atoms with Crippen LogP contribution in [0.3, 0.4) is 0 Å². The molecule has 0 bridgehead atoms. The van der Waals surface area contributed by atoms with E-state index in [9.17, 15) is 15.0 Å². The van der Waals surface area contributed by atoms with E-state index in [-0.39, 0.29) is 29.3 Å². The first kappa shape index (κ1) is 16.2. The van der Waals surface area contributed by atoms with Crippen LogP contribution in [0.5, 0.6) is 17.2 Å². The summed E-state index contributed by atoms with van der Waals surface area (Å²) in [6.07, 6.45) is 1.25. The first-order valence-corrected chi connectivity index (χ1v) is 7.87. The van der Waals surface area contributed by atoms with Crippen LogP contribution in [0.4, 0.5) is 0 Å². The third kappa shape index (κ3) is 3.45. The van der Waals surface area contributed by atoms with Crippen molar-refractivity contribution in [3.05, 3.63) is 53.6 Å². The Labute approximate surface area is 140 Å². The van der Waals surface area contributed by atoms with Gasteiger partial charge in [-0.2, -0.15) is 0 Å². The van der Waals surface area contributed by atoms with E-state index in [0.717, 1.165) is 11.1 Å². The molecule has 0 aliphatic carbocycles. The predicted octanol–water partition coefficient (Wildman–Crippen LogP) is 2.68. The minimum atomic E-state index is -0.214. The number of rotatable bonds is 5. The van der Waals surface area contributed by atoms with E-state index in [1.165, 1.54) is 7.11 Å². The van der Waals surface area contributed by atoms with Gasteiger partial charge in [0.15, 0.2) is 11.5 Å². The van der Waals surface area contributed by atoms with Crippen molar-refractivity contribution in [1.29, 1.82) is 0 Å². The fraction of sp³-hybridized carbons (Fsp3) is 0.316. The highest BCUT2D eigenvalue weighted by Gasteiger charge is 2.36. The van der Waals surface area contributed by atoms with Gasteiger partial charge in [0.25, 0.3) is 0 Å². The molecule has 0 saturated carbocycles. The highest BCUT2D eigenvalue weighted by molar-refractivity contribution is 5.75. The Morgan fingerprint density at radius 1 is 1.08 bits per heavy atom. The molecule has 2 atom stereocenters. The van der Waals surface area contributed by atoms with Crippen LogP contribution >= 0.6 is 0 Å². The second-order valence-electron chi connectivity index (χ2n) is 6.08. The Kier molecular flexibility index (Phi) is 4.60. The van der Waals surface area contributed by atoms with E-state index in [1.807, 2.05) is 18.2 Å². The molecular weight excluding hydrogens is 308 g/mol. The summed E-state index contributed by atoms with van der Waals surface area (Å²) in [7, 11) is 1.51. The van der Waals surface area contributed by atoms with Gasteiger partial charge in [0.1, 0.15) is 5.75 Å². The molecule has 0 aromatic heterocycles. The molecule has 1 aliphatic heterocycles. The normalized spacial score (nSPS) is 20.0. The van der Waals surface area contributed by atoms with Gasteiger partial charge in [0.2, 0.25) is 0 Å². The van der Waals surface area contributed by atoms with Crippen LogP contribution in [0.2, 0.25) is 0 Å². The Morgan fingerprint density at radius 2 is 1.79 bits per heavy atom. The number of phenols is 2. The van der Waals surface area contributed by atoms with Crippen molar-refractivity contribution in [2.45, 2.75) is 12.8 Å². The molecule has 2 aromatic carbocycles. The van der Waals surface area contributed by atoms with E-state index >= 15 is 0 Å². The molecule has 2 N–H and O–H groups in total. The van der Waals surface area contributed by atoms with Gasteiger partial charge in [0.05, 0.1) is 19.6 Å². The first-order valence-electron chi connectivity index (χ1n) is 7.87. The lowest BCUT2D eigenvalue weighted by atomic mass is 9.85. The third-order valence-electron chi connectivity index (χ3n) is 4.45. The SMILES string of the molecule is COc1cc(C[C@H]2COC(=O)[C@@H]2Cc2ccc(O)cc2)ccc1O. The number of hydrogen-bond donors (Lipinski definition) is 2. The molecule has 5 nitrogen and oxygen atoms in total. The van der Waals surface area contributed by atoms with Gasteiger partial charge in [-0.25, -0.2) is 0 Å². The summed E-state index contributed by atoms with van der Waals surface area (Å²) in [5.74, 6) is 0.405. The van der Waals surface area contributed by atoms with E-state index < -0.39 is 0 Å². The first-order chi connectivity index (χ1) is 11.6. The number of esters is 1. The minimum Gasteiger partial charge on any atom is -0.508 e. The molecule has 3 rings (SSSR count). The minimum absolute atomic E-state index is 0.0700. The molecule has 5 heteroatoms. The number of cyclic esters (lactones) is 1. The maximum absolute atomic E-state index is 12.1. The van der Waals surface area contributed by atoms with Crippen molar-refractivity contribution in [3.8, 4) is 17.2 Å². The standard InChI is InChI=1S/C19H20O5/c1-23-18-10-13(4-7-17(18)21)8-14-11-24-19(22)16(14)9-12-2-5-15(20)6-3-12/h2-7,10,14,16,20-21H,8-9,11H2,1H3/t14-,16+/m0/s1. The van der Waals surface area contributed by atoms with Gasteiger partial charge >= 0.3 is 5.97 Å². The van der Waals surface area contributed by atoms with Crippen LogP contribution in [0.1, 0.15) is 11.1 Å². The van der Waals surface area contributed by atoms with Gasteiger partial charge in [-0.05, 0) is 48.2 Å². The van der Waals surface area contributed by atoms with Gasteiger partial charge in [-0.1, -0.05) is 18.2 Å². The monoisotopic (exact) mass is 328 g/mol. The molecule has 126 valence electrons. The van der Waals surface area contributed by atoms with Gasteiger partial charge < -0.3 is 19.7 Å². The number of methoxy groups -OCH3 is 1. The van der Waals surface area contributed by atoms with Crippen molar-refractivity contribution in [2.24, 2.45) is 11.8 Å². The van der Waals surface area contributed by atoms with Gasteiger partial charge in [-0.3, -0.25) is 4.79 Å². The van der Waals surface area contributed by atoms with Gasteiger partial charge in [-0.15, -0.1) is 0 Å². The molecule has 1 aliphatic rings. The summed E-state index contributed by atoms with van der Waals surface area (Å²) in [5, 5.41) is 19.0. The molecule has 0 radical (unpaired) electrons. The molecule has 1 fully saturated rings. The van der Waals surface area contributed by atoms with Gasteiger partial charge in [0, 0.05) is 5.92 Å². The summed E-state index contributed by atoms with van der Waals surface area (Å²) in [6.45, 7) is 0.394. The lowest BCUT2D eigenvalue weighted by Crippen LogP contribution is -2.20. The summed E-state index contributed by atoms with van der Waals surface area (Å²) < 4.78 is 10.4. The third-order valence-corrected chi connectivity index (χ3v) is 4.45. The van der Waals surface area contributed by atoms with Crippen LogP contribution in [-0.4, -0.2) is 29.9 Å². The number of benzene rings is 2. The van der Waals surface area contributed by atoms with E-state index in [1.54, 1.807) is 24.3 Å². The zero-order valence-corrected chi connectivity index (χ0v) is 13.4. The zero-order valence-electron chi connectivity index (χ0n) is 13.4. The topological polar surface area (TPSA) is 76.0 Å². The highest BCUT2D eigenvalue weighted by Crippen LogP contribution is 2.32. The lowest BCUT2D eigenvalue weighted by molar-refractivity contribution is -0.141. The number of carbonyl (C=O) groups is 1. The second-order valence-corrected chi connectivity index (χ2v) is 6.08. The molecule has 2 aromatic rings. The molecule has 0 amide bonds. The van der Waals surface area contributed by atoms with Crippen LogP contribution in [0, 0.1) is 11.8 Å². The molecular formula is C19H20O5. The molecule has 1 heterocycles. The Morgan fingerprint density at radius 3 is 2.50 bits per heavy atom. The van der Waals surface area contributed by atoms with Crippen LogP contribution in [0.25, 0.3) is 0 Å². The molecule has 0 unspecified atom stereocenters. The fourth-order valence-electron chi connectivity index (χ4n) is 3.09. The maximum atomic E-state index is 12.1. The van der Waals surface area contributed by atoms with E-state index in [4.69, 9.17) is 9.47 Å². The predicted molar refractivity (Wildman–Crippen MR) is 88.1 cm³/mol. The smallest absolute Gasteiger partial charge is 0.309 e. The van der Waals surface area contributed by atoms with Crippen molar-refractivity contribution in [3.63, 3.8) is 0 Å². The highest BCUT2D eigenvalue weighted by atomic mass is 16.5. The molecule has 24 heavy (non-hydrogen) atoms. The molecule has 1 saturated heterocycles. The quantitative estimate of drug-likeness (QED) is 0.825. The number of hydrogen-bond acceptors (Lipinski definition) is 5. The average molecular weight is 328 g/mol. The summed E-state index contributed by atoms with van der Waals surface area (Å²) in [4.78, 5) is 12.1. The number of carbonyl (C=O) groups excluding carboxylic acids is 1. The second kappa shape index (κ2) is 6.83. The van der Waals surface area contributed by atoms with Crippen LogP contribution in [-0.2, 0) is 22.4 Å². The Bertz CT molecular complexity index is 723. The number of phenolic OH excluding ortho intramolecular Hbond substituents is 2. The summed E-state index contributed by atoms with van der Waals surface area (Å²) >= 11 is 0. The maximum Gasteiger partial charge on any atom is 0.309 e. The van der Waals surface area contributed by atoms with Crippen LogP contribution < -0.4 is 4.74 Å². The Balaban J connectivity index is 1.74. The average Bonchev–Trinajstić information content (AvgIpc) is 2.92. The van der Waals surface area contributed by atoms with E-state index in [2.05, 4.69) is 0 Å². The molecule has 0 spiro atoms. The summed E-state index contributed by atoms with van der Waals surface area (Å²) in [5.41, 5.74) is 1.98. The number of aromatic hydroxyl groups is 2.